The third-order valence-corrected chi connectivity index (χ3v) is 9.82. The van der Waals surface area contributed by atoms with E-state index in [1.807, 2.05) is 12.3 Å². The first-order valence-electron chi connectivity index (χ1n) is 11.2. The van der Waals surface area contributed by atoms with Crippen molar-refractivity contribution in [3.63, 3.8) is 0 Å². The predicted octanol–water partition coefficient (Wildman–Crippen LogP) is 7.38. The number of furan rings is 1. The quantitative estimate of drug-likeness (QED) is 0.252. The van der Waals surface area contributed by atoms with Crippen LogP contribution in [0.25, 0.3) is 44.5 Å². The summed E-state index contributed by atoms with van der Waals surface area (Å²) in [5.41, 5.74) is 6.26. The van der Waals surface area contributed by atoms with Crippen molar-refractivity contribution in [1.29, 1.82) is 0 Å². The van der Waals surface area contributed by atoms with Crippen molar-refractivity contribution in [2.75, 3.05) is 0 Å². The van der Waals surface area contributed by atoms with Crippen LogP contribution in [-0.4, -0.2) is 23.2 Å². The second kappa shape index (κ2) is 7.89. The summed E-state index contributed by atoms with van der Waals surface area (Å²) < 4.78 is 7.84. The van der Waals surface area contributed by atoms with Gasteiger partial charge in [0.2, 0.25) is 0 Å². The Kier molecular flexibility index (Phi) is 5.17. The summed E-state index contributed by atoms with van der Waals surface area (Å²) in [7, 11) is 0. The zero-order valence-corrected chi connectivity index (χ0v) is 21.4. The molecule has 32 heavy (non-hydrogen) atoms. The Morgan fingerprint density at radius 2 is 1.38 bits per heavy atom. The van der Waals surface area contributed by atoms with Crippen molar-refractivity contribution in [3.8, 4) is 22.5 Å². The van der Waals surface area contributed by atoms with Gasteiger partial charge in [0.05, 0.1) is 0 Å². The van der Waals surface area contributed by atoms with Gasteiger partial charge >= 0.3 is 192 Å². The molecule has 160 valence electrons. The summed E-state index contributed by atoms with van der Waals surface area (Å²) in [4.78, 5) is 9.95. The zero-order chi connectivity index (χ0) is 22.5. The van der Waals surface area contributed by atoms with Crippen LogP contribution in [0.4, 0.5) is 0 Å². The third-order valence-electron chi connectivity index (χ3n) is 6.00. The molecule has 0 saturated carbocycles. The van der Waals surface area contributed by atoms with Gasteiger partial charge in [-0.1, -0.05) is 0 Å². The molecule has 0 aliphatic rings. The number of hydrogen-bond acceptors (Lipinski definition) is 3. The fraction of sp³-hybridized carbons (Fsp3) is 0.214. The van der Waals surface area contributed by atoms with Gasteiger partial charge in [0.25, 0.3) is 0 Å². The van der Waals surface area contributed by atoms with E-state index in [4.69, 9.17) is 14.4 Å². The zero-order valence-electron chi connectivity index (χ0n) is 19.3. The molecule has 0 radical (unpaired) electrons. The average Bonchev–Trinajstić information content (AvgIpc) is 3.17. The molecule has 0 aliphatic carbocycles. The standard InChI is InChI=1S/C28H28GeN2O/c1-18(2)24-17-30-28(31-27(24)29(3,4)5)23-16-10-15-22-21-14-9-13-20(25(21)32-26(22)23)19-11-7-6-8-12-19/h6-18H,1-5H3. The molecule has 0 saturated heterocycles. The van der Waals surface area contributed by atoms with Gasteiger partial charge in [0, 0.05) is 0 Å². The van der Waals surface area contributed by atoms with Crippen LogP contribution < -0.4 is 4.53 Å². The summed E-state index contributed by atoms with van der Waals surface area (Å²) in [5, 5.41) is 2.22. The number of rotatable bonds is 4. The van der Waals surface area contributed by atoms with Crippen molar-refractivity contribution in [3.05, 3.63) is 78.5 Å². The van der Waals surface area contributed by atoms with Crippen LogP contribution in [0.5, 0.6) is 0 Å². The fourth-order valence-corrected chi connectivity index (χ4v) is 7.87. The normalized spacial score (nSPS) is 12.2. The second-order valence-electron chi connectivity index (χ2n) is 9.73. The van der Waals surface area contributed by atoms with Gasteiger partial charge in [-0.25, -0.2) is 0 Å². The molecular weight excluding hydrogens is 453 g/mol. The van der Waals surface area contributed by atoms with Crippen LogP contribution in [0, 0.1) is 0 Å². The van der Waals surface area contributed by atoms with Crippen LogP contribution in [0.2, 0.25) is 17.3 Å². The molecule has 5 aromatic rings. The van der Waals surface area contributed by atoms with Gasteiger partial charge in [-0.05, 0) is 0 Å². The predicted molar refractivity (Wildman–Crippen MR) is 137 cm³/mol. The maximum absolute atomic E-state index is 6.56. The number of hydrogen-bond donors (Lipinski definition) is 0. The Balaban J connectivity index is 1.77. The Hall–Kier alpha value is -2.92. The number of benzene rings is 3. The van der Waals surface area contributed by atoms with Crippen molar-refractivity contribution in [2.45, 2.75) is 37.0 Å². The molecule has 0 spiro atoms. The van der Waals surface area contributed by atoms with Crippen molar-refractivity contribution in [1.82, 2.24) is 9.97 Å². The van der Waals surface area contributed by atoms with E-state index in [0.29, 0.717) is 5.92 Å². The molecule has 5 rings (SSSR count). The van der Waals surface area contributed by atoms with Gasteiger partial charge in [-0.15, -0.1) is 0 Å². The van der Waals surface area contributed by atoms with E-state index in [0.717, 1.165) is 44.5 Å². The second-order valence-corrected chi connectivity index (χ2v) is 20.2. The minimum absolute atomic E-state index is 0.416. The van der Waals surface area contributed by atoms with E-state index in [1.165, 1.54) is 10.1 Å². The fourth-order valence-electron chi connectivity index (χ4n) is 4.39. The van der Waals surface area contributed by atoms with Crippen molar-refractivity contribution >= 4 is 39.7 Å². The summed E-state index contributed by atoms with van der Waals surface area (Å²) in [6, 6.07) is 23.1. The van der Waals surface area contributed by atoms with Crippen LogP contribution in [-0.2, 0) is 0 Å². The molecule has 0 amide bonds. The van der Waals surface area contributed by atoms with Crippen molar-refractivity contribution < 1.29 is 4.42 Å². The Morgan fingerprint density at radius 3 is 2.00 bits per heavy atom. The summed E-state index contributed by atoms with van der Waals surface area (Å²) in [5.74, 6) is 8.36. The van der Waals surface area contributed by atoms with Gasteiger partial charge in [-0.3, -0.25) is 0 Å². The monoisotopic (exact) mass is 482 g/mol. The van der Waals surface area contributed by atoms with E-state index >= 15 is 0 Å². The van der Waals surface area contributed by atoms with Crippen LogP contribution in [0.15, 0.2) is 77.3 Å². The summed E-state index contributed by atoms with van der Waals surface area (Å²) >= 11 is -2.19. The SMILES string of the molecule is CC(C)c1cnc(-c2cccc3c2oc2c(-c4ccccc4)cccc23)n[c]1[Ge]([CH3])([CH3])[CH3]. The molecule has 0 unspecified atom stereocenters. The van der Waals surface area contributed by atoms with Crippen LogP contribution in [0.3, 0.4) is 0 Å². The molecule has 2 heterocycles. The summed E-state index contributed by atoms with van der Waals surface area (Å²) in [6.07, 6.45) is 2.04. The number of para-hydroxylation sites is 2. The molecule has 2 aromatic heterocycles. The van der Waals surface area contributed by atoms with E-state index in [-0.39, 0.29) is 0 Å². The average molecular weight is 481 g/mol. The Bertz CT molecular complexity index is 1430. The number of nitrogens with zero attached hydrogens (tertiary/aromatic N) is 2. The number of aromatic nitrogens is 2. The van der Waals surface area contributed by atoms with Gasteiger partial charge in [0.15, 0.2) is 0 Å². The number of fused-ring (bicyclic) bond motifs is 3. The van der Waals surface area contributed by atoms with Crippen LogP contribution in [0.1, 0.15) is 25.3 Å². The van der Waals surface area contributed by atoms with E-state index in [1.54, 1.807) is 0 Å². The molecule has 3 nitrogen and oxygen atoms in total. The summed E-state index contributed by atoms with van der Waals surface area (Å²) in [6.45, 7) is 4.45. The molecule has 0 bridgehead atoms. The first kappa shape index (κ1) is 21.0. The molecule has 0 atom stereocenters. The Labute approximate surface area is 191 Å². The van der Waals surface area contributed by atoms with E-state index in [9.17, 15) is 0 Å². The van der Waals surface area contributed by atoms with E-state index < -0.39 is 13.3 Å². The molecule has 0 fully saturated rings. The van der Waals surface area contributed by atoms with E-state index in [2.05, 4.69) is 91.8 Å². The topological polar surface area (TPSA) is 38.9 Å². The maximum atomic E-state index is 6.56. The third kappa shape index (κ3) is 3.55. The van der Waals surface area contributed by atoms with Gasteiger partial charge in [-0.2, -0.15) is 0 Å². The van der Waals surface area contributed by atoms with Gasteiger partial charge in [0.1, 0.15) is 0 Å². The molecule has 4 heteroatoms. The van der Waals surface area contributed by atoms with Crippen molar-refractivity contribution in [2.24, 2.45) is 0 Å². The first-order chi connectivity index (χ1) is 15.3. The molecule has 0 aliphatic heterocycles. The molecule has 3 aromatic carbocycles. The van der Waals surface area contributed by atoms with Gasteiger partial charge < -0.3 is 0 Å². The van der Waals surface area contributed by atoms with Crippen LogP contribution >= 0.6 is 0 Å². The molecule has 0 N–H and O–H groups in total. The first-order valence-corrected chi connectivity index (χ1v) is 18.6. The molecular formula is C28H28GeN2O. The Morgan fingerprint density at radius 1 is 0.750 bits per heavy atom. The minimum atomic E-state index is -2.19.